The molecule has 0 aromatic heterocycles. The topological polar surface area (TPSA) is 20.3 Å². The van der Waals surface area contributed by atoms with E-state index in [0.717, 1.165) is 0 Å². The van der Waals surface area contributed by atoms with E-state index in [4.69, 9.17) is 0 Å². The molecule has 0 N–H and O–H groups in total. The van der Waals surface area contributed by atoms with Gasteiger partial charge in [-0.25, -0.2) is 4.39 Å². The zero-order valence-electron chi connectivity index (χ0n) is 9.63. The summed E-state index contributed by atoms with van der Waals surface area (Å²) in [4.78, 5) is 13.5. The molecule has 0 radical (unpaired) electrons. The van der Waals surface area contributed by atoms with Crippen molar-refractivity contribution in [2.75, 3.05) is 13.6 Å². The van der Waals surface area contributed by atoms with Crippen molar-refractivity contribution in [2.24, 2.45) is 5.92 Å². The summed E-state index contributed by atoms with van der Waals surface area (Å²) in [6.07, 6.45) is 0. The van der Waals surface area contributed by atoms with Gasteiger partial charge in [-0.2, -0.15) is 0 Å². The molecule has 4 heteroatoms. The van der Waals surface area contributed by atoms with Gasteiger partial charge in [0.05, 0.1) is 5.56 Å². The number of amides is 1. The lowest BCUT2D eigenvalue weighted by Crippen LogP contribution is -2.30. The highest BCUT2D eigenvalue weighted by Gasteiger charge is 2.16. The molecule has 0 spiro atoms. The van der Waals surface area contributed by atoms with Crippen LogP contribution in [0, 0.1) is 11.7 Å². The van der Waals surface area contributed by atoms with E-state index in [1.54, 1.807) is 13.1 Å². The molecule has 2 nitrogen and oxygen atoms in total. The molecule has 0 saturated heterocycles. The van der Waals surface area contributed by atoms with Gasteiger partial charge in [0.25, 0.3) is 5.91 Å². The van der Waals surface area contributed by atoms with E-state index in [2.05, 4.69) is 15.9 Å². The van der Waals surface area contributed by atoms with Crippen LogP contribution >= 0.6 is 15.9 Å². The average Bonchev–Trinajstić information content (AvgIpc) is 2.19. The third-order valence-electron chi connectivity index (χ3n) is 2.14. The van der Waals surface area contributed by atoms with E-state index >= 15 is 0 Å². The zero-order chi connectivity index (χ0) is 12.3. The molecule has 0 bridgehead atoms. The molecular formula is C12H15BrFNO. The van der Waals surface area contributed by atoms with E-state index in [1.165, 1.54) is 17.0 Å². The van der Waals surface area contributed by atoms with E-state index in [9.17, 15) is 9.18 Å². The van der Waals surface area contributed by atoms with Crippen LogP contribution in [-0.4, -0.2) is 24.4 Å². The Hall–Kier alpha value is -0.900. The van der Waals surface area contributed by atoms with Crippen LogP contribution in [0.4, 0.5) is 4.39 Å². The summed E-state index contributed by atoms with van der Waals surface area (Å²) < 4.78 is 14.2. The van der Waals surface area contributed by atoms with E-state index in [0.29, 0.717) is 16.9 Å². The van der Waals surface area contributed by atoms with Gasteiger partial charge in [0, 0.05) is 18.1 Å². The van der Waals surface area contributed by atoms with Gasteiger partial charge in [-0.1, -0.05) is 29.8 Å². The first-order valence-electron chi connectivity index (χ1n) is 5.12. The Morgan fingerprint density at radius 1 is 1.50 bits per heavy atom. The first kappa shape index (κ1) is 13.2. The average molecular weight is 288 g/mol. The molecule has 0 heterocycles. The standard InChI is InChI=1S/C12H15BrFNO/c1-8(2)7-15(3)12(16)10-6-9(13)4-5-11(10)14/h4-6,8H,7H2,1-3H3. The molecular weight excluding hydrogens is 273 g/mol. The van der Waals surface area contributed by atoms with Crippen molar-refractivity contribution in [1.29, 1.82) is 0 Å². The predicted octanol–water partition coefficient (Wildman–Crippen LogP) is 3.32. The van der Waals surface area contributed by atoms with E-state index in [-0.39, 0.29) is 11.5 Å². The number of carbonyl (C=O) groups is 1. The molecule has 0 aliphatic rings. The van der Waals surface area contributed by atoms with Crippen molar-refractivity contribution in [2.45, 2.75) is 13.8 Å². The number of carbonyl (C=O) groups excluding carboxylic acids is 1. The maximum Gasteiger partial charge on any atom is 0.256 e. The number of rotatable bonds is 3. The quantitative estimate of drug-likeness (QED) is 0.835. The summed E-state index contributed by atoms with van der Waals surface area (Å²) in [5.41, 5.74) is 0.109. The van der Waals surface area contributed by atoms with Crippen molar-refractivity contribution in [3.63, 3.8) is 0 Å². The zero-order valence-corrected chi connectivity index (χ0v) is 11.2. The van der Waals surface area contributed by atoms with E-state index < -0.39 is 5.82 Å². The van der Waals surface area contributed by atoms with Crippen molar-refractivity contribution in [3.05, 3.63) is 34.1 Å². The summed E-state index contributed by atoms with van der Waals surface area (Å²) in [6.45, 7) is 4.65. The highest BCUT2D eigenvalue weighted by molar-refractivity contribution is 9.10. The van der Waals surface area contributed by atoms with Gasteiger partial charge in [-0.15, -0.1) is 0 Å². The lowest BCUT2D eigenvalue weighted by atomic mass is 10.1. The molecule has 0 atom stereocenters. The molecule has 0 unspecified atom stereocenters. The fraction of sp³-hybridized carbons (Fsp3) is 0.417. The van der Waals surface area contributed by atoms with Gasteiger partial charge >= 0.3 is 0 Å². The molecule has 0 aliphatic carbocycles. The molecule has 0 saturated carbocycles. The first-order chi connectivity index (χ1) is 7.41. The summed E-state index contributed by atoms with van der Waals surface area (Å²) in [5.74, 6) is -0.402. The number of nitrogens with zero attached hydrogens (tertiary/aromatic N) is 1. The highest BCUT2D eigenvalue weighted by Crippen LogP contribution is 2.17. The Morgan fingerprint density at radius 2 is 2.12 bits per heavy atom. The summed E-state index contributed by atoms with van der Waals surface area (Å²) in [7, 11) is 1.68. The Kier molecular flexibility index (Phi) is 4.47. The monoisotopic (exact) mass is 287 g/mol. The lowest BCUT2D eigenvalue weighted by Gasteiger charge is -2.19. The second-order valence-corrected chi connectivity index (χ2v) is 5.12. The van der Waals surface area contributed by atoms with Gasteiger partial charge in [0.1, 0.15) is 5.82 Å². The number of halogens is 2. The second kappa shape index (κ2) is 5.43. The van der Waals surface area contributed by atoms with Gasteiger partial charge in [-0.05, 0) is 24.1 Å². The van der Waals surface area contributed by atoms with Gasteiger partial charge in [0.15, 0.2) is 0 Å². The number of hydrogen-bond acceptors (Lipinski definition) is 1. The number of hydrogen-bond donors (Lipinski definition) is 0. The van der Waals surface area contributed by atoms with Crippen LogP contribution in [-0.2, 0) is 0 Å². The SMILES string of the molecule is CC(C)CN(C)C(=O)c1cc(Br)ccc1F. The minimum absolute atomic E-state index is 0.109. The molecule has 88 valence electrons. The molecule has 0 aliphatic heterocycles. The Morgan fingerprint density at radius 3 is 2.69 bits per heavy atom. The van der Waals surface area contributed by atoms with Crippen LogP contribution in [0.2, 0.25) is 0 Å². The Labute approximate surface area is 104 Å². The third kappa shape index (κ3) is 3.30. The van der Waals surface area contributed by atoms with Crippen LogP contribution in [0.25, 0.3) is 0 Å². The minimum atomic E-state index is -0.483. The summed E-state index contributed by atoms with van der Waals surface area (Å²) >= 11 is 3.23. The van der Waals surface area contributed by atoms with Gasteiger partial charge in [-0.3, -0.25) is 4.79 Å². The molecule has 0 fully saturated rings. The van der Waals surface area contributed by atoms with Crippen LogP contribution < -0.4 is 0 Å². The van der Waals surface area contributed by atoms with Crippen LogP contribution in [0.15, 0.2) is 22.7 Å². The molecule has 16 heavy (non-hydrogen) atoms. The maximum absolute atomic E-state index is 13.4. The molecule has 1 aromatic carbocycles. The smallest absolute Gasteiger partial charge is 0.256 e. The predicted molar refractivity (Wildman–Crippen MR) is 65.9 cm³/mol. The summed E-state index contributed by atoms with van der Waals surface area (Å²) in [5, 5.41) is 0. The minimum Gasteiger partial charge on any atom is -0.341 e. The Bertz CT molecular complexity index is 393. The van der Waals surface area contributed by atoms with Crippen molar-refractivity contribution in [3.8, 4) is 0 Å². The fourth-order valence-electron chi connectivity index (χ4n) is 1.50. The van der Waals surface area contributed by atoms with Crippen molar-refractivity contribution in [1.82, 2.24) is 4.90 Å². The highest BCUT2D eigenvalue weighted by atomic mass is 79.9. The Balaban J connectivity index is 2.91. The van der Waals surface area contributed by atoms with Crippen LogP contribution in [0.3, 0.4) is 0 Å². The summed E-state index contributed by atoms with van der Waals surface area (Å²) in [6, 6.07) is 4.38. The van der Waals surface area contributed by atoms with Crippen LogP contribution in [0.5, 0.6) is 0 Å². The van der Waals surface area contributed by atoms with Crippen molar-refractivity contribution < 1.29 is 9.18 Å². The second-order valence-electron chi connectivity index (χ2n) is 4.20. The number of benzene rings is 1. The lowest BCUT2D eigenvalue weighted by molar-refractivity contribution is 0.0774. The third-order valence-corrected chi connectivity index (χ3v) is 2.64. The van der Waals surface area contributed by atoms with Gasteiger partial charge in [0.2, 0.25) is 0 Å². The van der Waals surface area contributed by atoms with Crippen LogP contribution in [0.1, 0.15) is 24.2 Å². The van der Waals surface area contributed by atoms with Gasteiger partial charge < -0.3 is 4.90 Å². The van der Waals surface area contributed by atoms with E-state index in [1.807, 2.05) is 13.8 Å². The molecule has 1 aromatic rings. The largest absolute Gasteiger partial charge is 0.341 e. The first-order valence-corrected chi connectivity index (χ1v) is 5.91. The normalized spacial score (nSPS) is 10.6. The fourth-order valence-corrected chi connectivity index (χ4v) is 1.86. The molecule has 1 rings (SSSR count). The van der Waals surface area contributed by atoms with Crippen molar-refractivity contribution >= 4 is 21.8 Å². The molecule has 1 amide bonds. The maximum atomic E-state index is 13.4.